The standard InChI is InChI=1S/C20H20N2O4/c1-15-5-4-6-18(13-15)26-12-3-2-11-21-19-9-8-17(22(24)25)14-16(19)7-10-20(21)23/h4-10,13-14H,2-3,11-12H2,1H3. The molecule has 26 heavy (non-hydrogen) atoms. The van der Waals surface area contributed by atoms with Gasteiger partial charge in [0.25, 0.3) is 11.2 Å². The lowest BCUT2D eigenvalue weighted by atomic mass is 10.2. The fourth-order valence-corrected chi connectivity index (χ4v) is 2.90. The van der Waals surface area contributed by atoms with Gasteiger partial charge in [-0.3, -0.25) is 14.9 Å². The third kappa shape index (κ3) is 4.08. The first kappa shape index (κ1) is 17.7. The Labute approximate surface area is 150 Å². The van der Waals surface area contributed by atoms with Crippen LogP contribution in [0.1, 0.15) is 18.4 Å². The molecule has 1 heterocycles. The van der Waals surface area contributed by atoms with Crippen molar-refractivity contribution in [3.8, 4) is 5.75 Å². The molecule has 0 atom stereocenters. The number of pyridine rings is 1. The van der Waals surface area contributed by atoms with Crippen LogP contribution in [-0.2, 0) is 6.54 Å². The summed E-state index contributed by atoms with van der Waals surface area (Å²) in [4.78, 5) is 22.6. The zero-order valence-corrected chi connectivity index (χ0v) is 14.6. The normalized spacial score (nSPS) is 10.8. The summed E-state index contributed by atoms with van der Waals surface area (Å²) >= 11 is 0. The minimum Gasteiger partial charge on any atom is -0.494 e. The number of aryl methyl sites for hydroxylation is 2. The fraction of sp³-hybridized carbons (Fsp3) is 0.250. The van der Waals surface area contributed by atoms with Gasteiger partial charge in [-0.05, 0) is 49.6 Å². The molecule has 3 rings (SSSR count). The maximum Gasteiger partial charge on any atom is 0.270 e. The lowest BCUT2D eigenvalue weighted by Gasteiger charge is -2.11. The zero-order chi connectivity index (χ0) is 18.5. The maximum atomic E-state index is 12.2. The number of hydrogen-bond acceptors (Lipinski definition) is 4. The molecule has 134 valence electrons. The van der Waals surface area contributed by atoms with Crippen LogP contribution in [0.4, 0.5) is 5.69 Å². The van der Waals surface area contributed by atoms with Gasteiger partial charge in [-0.1, -0.05) is 12.1 Å². The molecule has 0 radical (unpaired) electrons. The molecule has 1 aromatic heterocycles. The van der Waals surface area contributed by atoms with Gasteiger partial charge in [0.2, 0.25) is 0 Å². The quantitative estimate of drug-likeness (QED) is 0.365. The predicted molar refractivity (Wildman–Crippen MR) is 101 cm³/mol. The Morgan fingerprint density at radius 3 is 2.69 bits per heavy atom. The Kier molecular flexibility index (Phi) is 5.31. The van der Waals surface area contributed by atoms with E-state index in [1.165, 1.54) is 18.2 Å². The molecule has 0 aliphatic heterocycles. The Morgan fingerprint density at radius 1 is 1.08 bits per heavy atom. The van der Waals surface area contributed by atoms with E-state index in [1.807, 2.05) is 31.2 Å². The second-order valence-corrected chi connectivity index (χ2v) is 6.20. The zero-order valence-electron chi connectivity index (χ0n) is 14.6. The number of benzene rings is 2. The summed E-state index contributed by atoms with van der Waals surface area (Å²) in [6.45, 7) is 3.14. The first-order valence-corrected chi connectivity index (χ1v) is 8.52. The second kappa shape index (κ2) is 7.82. The maximum absolute atomic E-state index is 12.2. The lowest BCUT2D eigenvalue weighted by molar-refractivity contribution is -0.384. The number of rotatable bonds is 7. The Hall–Kier alpha value is -3.15. The van der Waals surface area contributed by atoms with Gasteiger partial charge in [0.1, 0.15) is 5.75 Å². The van der Waals surface area contributed by atoms with Gasteiger partial charge in [-0.15, -0.1) is 0 Å². The highest BCUT2D eigenvalue weighted by Crippen LogP contribution is 2.20. The fourth-order valence-electron chi connectivity index (χ4n) is 2.90. The van der Waals surface area contributed by atoms with E-state index in [4.69, 9.17) is 4.74 Å². The van der Waals surface area contributed by atoms with Crippen molar-refractivity contribution in [2.45, 2.75) is 26.3 Å². The van der Waals surface area contributed by atoms with Gasteiger partial charge in [-0.25, -0.2) is 0 Å². The molecule has 3 aromatic rings. The van der Waals surface area contributed by atoms with E-state index < -0.39 is 4.92 Å². The summed E-state index contributed by atoms with van der Waals surface area (Å²) < 4.78 is 7.38. The molecule has 0 aliphatic rings. The van der Waals surface area contributed by atoms with Crippen LogP contribution in [0, 0.1) is 17.0 Å². The summed E-state index contributed by atoms with van der Waals surface area (Å²) in [5.41, 5.74) is 1.78. The number of nitro groups is 1. The minimum absolute atomic E-state index is 0.0225. The van der Waals surface area contributed by atoms with E-state index in [9.17, 15) is 14.9 Å². The van der Waals surface area contributed by atoms with Crippen LogP contribution in [0.25, 0.3) is 10.9 Å². The molecule has 0 spiro atoms. The van der Waals surface area contributed by atoms with Crippen LogP contribution in [0.5, 0.6) is 5.75 Å². The smallest absolute Gasteiger partial charge is 0.270 e. The number of non-ortho nitro benzene ring substituents is 1. The molecule has 0 N–H and O–H groups in total. The topological polar surface area (TPSA) is 74.4 Å². The third-order valence-electron chi connectivity index (χ3n) is 4.22. The highest BCUT2D eigenvalue weighted by atomic mass is 16.6. The number of nitro benzene ring substituents is 1. The lowest BCUT2D eigenvalue weighted by Crippen LogP contribution is -2.19. The van der Waals surface area contributed by atoms with E-state index in [0.717, 1.165) is 24.2 Å². The average Bonchev–Trinajstić information content (AvgIpc) is 2.62. The summed E-state index contributed by atoms with van der Waals surface area (Å²) in [5.74, 6) is 0.847. The molecule has 6 nitrogen and oxygen atoms in total. The van der Waals surface area contributed by atoms with Crippen LogP contribution in [0.2, 0.25) is 0 Å². The minimum atomic E-state index is -0.433. The van der Waals surface area contributed by atoms with E-state index >= 15 is 0 Å². The van der Waals surface area contributed by atoms with E-state index in [1.54, 1.807) is 16.7 Å². The van der Waals surface area contributed by atoms with E-state index in [2.05, 4.69) is 0 Å². The second-order valence-electron chi connectivity index (χ2n) is 6.20. The summed E-state index contributed by atoms with van der Waals surface area (Å²) in [6, 6.07) is 15.5. The monoisotopic (exact) mass is 352 g/mol. The first-order valence-electron chi connectivity index (χ1n) is 8.52. The average molecular weight is 352 g/mol. The highest BCUT2D eigenvalue weighted by molar-refractivity contribution is 5.81. The molecule has 2 aromatic carbocycles. The Balaban J connectivity index is 1.64. The molecule has 6 heteroatoms. The Morgan fingerprint density at radius 2 is 1.92 bits per heavy atom. The highest BCUT2D eigenvalue weighted by Gasteiger charge is 2.09. The molecule has 0 bridgehead atoms. The first-order chi connectivity index (χ1) is 12.5. The van der Waals surface area contributed by atoms with Crippen LogP contribution in [0.15, 0.2) is 59.4 Å². The van der Waals surface area contributed by atoms with Gasteiger partial charge in [-0.2, -0.15) is 0 Å². The van der Waals surface area contributed by atoms with Crippen molar-refractivity contribution in [2.75, 3.05) is 6.61 Å². The molecule has 0 fully saturated rings. The van der Waals surface area contributed by atoms with Gasteiger partial charge in [0.05, 0.1) is 17.0 Å². The molecule has 0 unspecified atom stereocenters. The van der Waals surface area contributed by atoms with Crippen molar-refractivity contribution in [3.05, 3.63) is 80.6 Å². The van der Waals surface area contributed by atoms with Gasteiger partial charge in [0, 0.05) is 30.1 Å². The molecular formula is C20H20N2O4. The van der Waals surface area contributed by atoms with Crippen molar-refractivity contribution in [3.63, 3.8) is 0 Å². The number of ether oxygens (including phenoxy) is 1. The molecule has 0 saturated heterocycles. The van der Waals surface area contributed by atoms with Crippen LogP contribution in [-0.4, -0.2) is 16.1 Å². The van der Waals surface area contributed by atoms with Crippen molar-refractivity contribution in [2.24, 2.45) is 0 Å². The van der Waals surface area contributed by atoms with Gasteiger partial charge < -0.3 is 9.30 Å². The van der Waals surface area contributed by atoms with Crippen molar-refractivity contribution < 1.29 is 9.66 Å². The third-order valence-corrected chi connectivity index (χ3v) is 4.22. The molecular weight excluding hydrogens is 332 g/mol. The molecule has 0 amide bonds. The van der Waals surface area contributed by atoms with E-state index in [0.29, 0.717) is 24.1 Å². The van der Waals surface area contributed by atoms with Crippen LogP contribution in [0.3, 0.4) is 0 Å². The summed E-state index contributed by atoms with van der Waals surface area (Å²) in [6.07, 6.45) is 1.59. The number of aromatic nitrogens is 1. The summed E-state index contributed by atoms with van der Waals surface area (Å²) in [7, 11) is 0. The number of fused-ring (bicyclic) bond motifs is 1. The number of nitrogens with zero attached hydrogens (tertiary/aromatic N) is 2. The molecule has 0 saturated carbocycles. The predicted octanol–water partition coefficient (Wildman–Crippen LogP) is 4.08. The summed E-state index contributed by atoms with van der Waals surface area (Å²) in [5, 5.41) is 11.6. The largest absolute Gasteiger partial charge is 0.494 e. The van der Waals surface area contributed by atoms with Crippen molar-refractivity contribution >= 4 is 16.6 Å². The van der Waals surface area contributed by atoms with Crippen molar-refractivity contribution in [1.82, 2.24) is 4.57 Å². The van der Waals surface area contributed by atoms with Gasteiger partial charge >= 0.3 is 0 Å². The SMILES string of the molecule is Cc1cccc(OCCCCn2c(=O)ccc3cc([N+](=O)[O-])ccc32)c1. The van der Waals surface area contributed by atoms with E-state index in [-0.39, 0.29) is 11.2 Å². The Bertz CT molecular complexity index is 995. The van der Waals surface area contributed by atoms with Crippen LogP contribution < -0.4 is 10.3 Å². The molecule has 0 aliphatic carbocycles. The van der Waals surface area contributed by atoms with Crippen molar-refractivity contribution in [1.29, 1.82) is 0 Å². The number of unbranched alkanes of at least 4 members (excludes halogenated alkanes) is 1. The van der Waals surface area contributed by atoms with Crippen LogP contribution >= 0.6 is 0 Å². The van der Waals surface area contributed by atoms with Gasteiger partial charge in [0.15, 0.2) is 0 Å². The number of hydrogen-bond donors (Lipinski definition) is 0.